The Hall–Kier alpha value is -4.09. The number of likely N-dealkylation sites (N-methyl/N-ethyl adjacent to an activating group) is 1. The van der Waals surface area contributed by atoms with Gasteiger partial charge in [-0.15, -0.1) is 0 Å². The highest BCUT2D eigenvalue weighted by molar-refractivity contribution is 6.06. The standard InChI is InChI=1S/C29H28N6O/c1-34-14-16-35(17-15-34)20-23-6-4-21(5-7-23)2-3-22-8-10-24(11-9-22)28-18-25(29(36)33-30)26-19-31-13-12-27(26)32-28/h4-13,18-19H,14-17,20,30H2,1H3,(H,33,36). The van der Waals surface area contributed by atoms with Gasteiger partial charge in [0.2, 0.25) is 0 Å². The van der Waals surface area contributed by atoms with Crippen LogP contribution in [0.2, 0.25) is 0 Å². The van der Waals surface area contributed by atoms with E-state index in [-0.39, 0.29) is 5.91 Å². The third-order valence-corrected chi connectivity index (χ3v) is 6.47. The molecule has 0 unspecified atom stereocenters. The fraction of sp³-hybridized carbons (Fsp3) is 0.207. The maximum absolute atomic E-state index is 12.3. The molecule has 0 atom stereocenters. The van der Waals surface area contributed by atoms with Crippen LogP contribution in [0.5, 0.6) is 0 Å². The van der Waals surface area contributed by atoms with Gasteiger partial charge in [0.15, 0.2) is 0 Å². The molecule has 7 heteroatoms. The molecule has 1 fully saturated rings. The van der Waals surface area contributed by atoms with Crippen molar-refractivity contribution in [2.45, 2.75) is 6.54 Å². The zero-order valence-electron chi connectivity index (χ0n) is 20.2. The Bertz CT molecular complexity index is 1430. The Morgan fingerprint density at radius 2 is 1.64 bits per heavy atom. The van der Waals surface area contributed by atoms with E-state index in [1.165, 1.54) is 5.56 Å². The number of carbonyl (C=O) groups excluding carboxylic acids is 1. The summed E-state index contributed by atoms with van der Waals surface area (Å²) in [6.45, 7) is 5.46. The van der Waals surface area contributed by atoms with Crippen LogP contribution in [0.3, 0.4) is 0 Å². The number of rotatable bonds is 4. The zero-order valence-corrected chi connectivity index (χ0v) is 20.2. The number of aromatic nitrogens is 2. The lowest BCUT2D eigenvalue weighted by molar-refractivity contribution is 0.0955. The molecule has 1 aliphatic rings. The van der Waals surface area contributed by atoms with Crippen LogP contribution in [0, 0.1) is 11.8 Å². The number of hydrazine groups is 1. The number of pyridine rings is 2. The maximum atomic E-state index is 12.3. The molecule has 1 aliphatic heterocycles. The van der Waals surface area contributed by atoms with E-state index < -0.39 is 0 Å². The normalized spacial score (nSPS) is 14.3. The minimum Gasteiger partial charge on any atom is -0.304 e. The molecule has 0 aliphatic carbocycles. The number of hydrogen-bond donors (Lipinski definition) is 2. The van der Waals surface area contributed by atoms with Crippen molar-refractivity contribution in [3.05, 3.63) is 95.3 Å². The molecule has 7 nitrogen and oxygen atoms in total. The average molecular weight is 477 g/mol. The number of carbonyl (C=O) groups is 1. The van der Waals surface area contributed by atoms with Crippen molar-refractivity contribution in [3.8, 4) is 23.1 Å². The van der Waals surface area contributed by atoms with Gasteiger partial charge in [0.1, 0.15) is 0 Å². The summed E-state index contributed by atoms with van der Waals surface area (Å²) in [5.41, 5.74) is 8.10. The van der Waals surface area contributed by atoms with Crippen LogP contribution in [0.1, 0.15) is 27.0 Å². The molecule has 0 spiro atoms. The fourth-order valence-corrected chi connectivity index (χ4v) is 4.31. The van der Waals surface area contributed by atoms with Gasteiger partial charge in [0.05, 0.1) is 16.8 Å². The number of nitrogens with one attached hydrogen (secondary N) is 1. The van der Waals surface area contributed by atoms with Crippen LogP contribution >= 0.6 is 0 Å². The van der Waals surface area contributed by atoms with E-state index >= 15 is 0 Å². The molecular weight excluding hydrogens is 448 g/mol. The van der Waals surface area contributed by atoms with Gasteiger partial charge in [0.25, 0.3) is 5.91 Å². The fourth-order valence-electron chi connectivity index (χ4n) is 4.31. The van der Waals surface area contributed by atoms with Crippen molar-refractivity contribution in [1.82, 2.24) is 25.2 Å². The van der Waals surface area contributed by atoms with Gasteiger partial charge in [-0.2, -0.15) is 0 Å². The van der Waals surface area contributed by atoms with E-state index in [1.54, 1.807) is 24.5 Å². The first-order valence-electron chi connectivity index (χ1n) is 12.0. The second-order valence-corrected chi connectivity index (χ2v) is 9.03. The first-order valence-corrected chi connectivity index (χ1v) is 12.0. The highest BCUT2D eigenvalue weighted by Gasteiger charge is 2.14. The van der Waals surface area contributed by atoms with Crippen molar-refractivity contribution >= 4 is 16.8 Å². The Kier molecular flexibility index (Phi) is 7.01. The summed E-state index contributed by atoms with van der Waals surface area (Å²) in [5.74, 6) is 11.5. The van der Waals surface area contributed by atoms with Crippen molar-refractivity contribution in [1.29, 1.82) is 0 Å². The molecular formula is C29H28N6O. The monoisotopic (exact) mass is 476 g/mol. The van der Waals surface area contributed by atoms with E-state index in [0.717, 1.165) is 49.4 Å². The summed E-state index contributed by atoms with van der Waals surface area (Å²) in [4.78, 5) is 26.0. The number of benzene rings is 2. The predicted octanol–water partition coefficient (Wildman–Crippen LogP) is 3.05. The van der Waals surface area contributed by atoms with Gasteiger partial charge in [-0.3, -0.25) is 20.1 Å². The van der Waals surface area contributed by atoms with Gasteiger partial charge >= 0.3 is 0 Å². The van der Waals surface area contributed by atoms with Gasteiger partial charge in [0, 0.05) is 67.2 Å². The van der Waals surface area contributed by atoms with Crippen molar-refractivity contribution < 1.29 is 4.79 Å². The largest absolute Gasteiger partial charge is 0.304 e. The molecule has 3 heterocycles. The molecule has 4 aromatic rings. The lowest BCUT2D eigenvalue weighted by atomic mass is 10.0. The molecule has 2 aromatic heterocycles. The quantitative estimate of drug-likeness (QED) is 0.204. The average Bonchev–Trinajstić information content (AvgIpc) is 2.93. The summed E-state index contributed by atoms with van der Waals surface area (Å²) in [5, 5.41) is 0.654. The van der Waals surface area contributed by atoms with Crippen LogP contribution in [0.15, 0.2) is 73.1 Å². The number of fused-ring (bicyclic) bond motifs is 1. The van der Waals surface area contributed by atoms with Crippen LogP contribution in [-0.4, -0.2) is 58.9 Å². The van der Waals surface area contributed by atoms with Crippen LogP contribution < -0.4 is 11.3 Å². The Morgan fingerprint density at radius 1 is 0.972 bits per heavy atom. The number of hydrogen-bond acceptors (Lipinski definition) is 6. The second kappa shape index (κ2) is 10.7. The molecule has 0 radical (unpaired) electrons. The summed E-state index contributed by atoms with van der Waals surface area (Å²) < 4.78 is 0. The molecule has 3 N–H and O–H groups in total. The van der Waals surface area contributed by atoms with Crippen molar-refractivity contribution in [2.24, 2.45) is 5.84 Å². The van der Waals surface area contributed by atoms with Crippen LogP contribution in [-0.2, 0) is 6.54 Å². The summed E-state index contributed by atoms with van der Waals surface area (Å²) >= 11 is 0. The minimum absolute atomic E-state index is 0.381. The molecule has 0 bridgehead atoms. The minimum atomic E-state index is -0.381. The Balaban J connectivity index is 1.30. The summed E-state index contributed by atoms with van der Waals surface area (Å²) in [7, 11) is 2.18. The summed E-state index contributed by atoms with van der Waals surface area (Å²) in [6, 6.07) is 19.9. The van der Waals surface area contributed by atoms with E-state index in [0.29, 0.717) is 22.2 Å². The molecule has 1 amide bonds. The lowest BCUT2D eigenvalue weighted by Crippen LogP contribution is -2.43. The van der Waals surface area contributed by atoms with E-state index in [4.69, 9.17) is 10.8 Å². The SMILES string of the molecule is CN1CCN(Cc2ccc(C#Cc3ccc(-c4cc(C(=O)NN)c5cnccc5n4)cc3)cc2)CC1. The predicted molar refractivity (Wildman–Crippen MR) is 142 cm³/mol. The first kappa shape index (κ1) is 23.6. The Morgan fingerprint density at radius 3 is 2.31 bits per heavy atom. The van der Waals surface area contributed by atoms with Crippen molar-refractivity contribution in [3.63, 3.8) is 0 Å². The number of nitrogens with two attached hydrogens (primary N) is 1. The van der Waals surface area contributed by atoms with Crippen LogP contribution in [0.25, 0.3) is 22.2 Å². The third kappa shape index (κ3) is 5.42. The molecule has 180 valence electrons. The molecule has 2 aromatic carbocycles. The van der Waals surface area contributed by atoms with Gasteiger partial charge in [-0.1, -0.05) is 36.1 Å². The molecule has 0 saturated carbocycles. The topological polar surface area (TPSA) is 87.4 Å². The first-order chi connectivity index (χ1) is 17.6. The third-order valence-electron chi connectivity index (χ3n) is 6.47. The van der Waals surface area contributed by atoms with Gasteiger partial charge in [-0.25, -0.2) is 10.8 Å². The van der Waals surface area contributed by atoms with E-state index in [9.17, 15) is 4.79 Å². The van der Waals surface area contributed by atoms with E-state index in [2.05, 4.69) is 63.4 Å². The van der Waals surface area contributed by atoms with Gasteiger partial charge < -0.3 is 4.90 Å². The summed E-state index contributed by atoms with van der Waals surface area (Å²) in [6.07, 6.45) is 3.27. The van der Waals surface area contributed by atoms with Crippen molar-refractivity contribution in [2.75, 3.05) is 33.2 Å². The highest BCUT2D eigenvalue weighted by Crippen LogP contribution is 2.24. The smallest absolute Gasteiger partial charge is 0.265 e. The number of nitrogen functional groups attached to an aromatic ring is 1. The number of amides is 1. The second-order valence-electron chi connectivity index (χ2n) is 9.03. The molecule has 1 saturated heterocycles. The van der Waals surface area contributed by atoms with Crippen LogP contribution in [0.4, 0.5) is 0 Å². The van der Waals surface area contributed by atoms with E-state index in [1.807, 2.05) is 24.3 Å². The number of nitrogens with zero attached hydrogens (tertiary/aromatic N) is 4. The Labute approximate surface area is 210 Å². The number of piperazine rings is 1. The molecule has 5 rings (SSSR count). The zero-order chi connectivity index (χ0) is 24.9. The highest BCUT2D eigenvalue weighted by atomic mass is 16.2. The lowest BCUT2D eigenvalue weighted by Gasteiger charge is -2.32. The molecule has 36 heavy (non-hydrogen) atoms. The maximum Gasteiger partial charge on any atom is 0.265 e. The van der Waals surface area contributed by atoms with Gasteiger partial charge in [-0.05, 0) is 49.0 Å².